The van der Waals surface area contributed by atoms with E-state index in [-0.39, 0.29) is 16.7 Å². The summed E-state index contributed by atoms with van der Waals surface area (Å²) in [4.78, 5) is 12.6. The number of hydrogen-bond acceptors (Lipinski definition) is 3. The van der Waals surface area contributed by atoms with Gasteiger partial charge in [0.2, 0.25) is 5.91 Å². The Labute approximate surface area is 162 Å². The van der Waals surface area contributed by atoms with Gasteiger partial charge in [-0.05, 0) is 56.2 Å². The van der Waals surface area contributed by atoms with Crippen LogP contribution in [0.5, 0.6) is 0 Å². The molecule has 0 saturated heterocycles. The second kappa shape index (κ2) is 9.55. The molecule has 0 saturated carbocycles. The molecule has 2 aromatic rings. The van der Waals surface area contributed by atoms with Gasteiger partial charge >= 0.3 is 0 Å². The third kappa shape index (κ3) is 6.10. The van der Waals surface area contributed by atoms with Gasteiger partial charge in [0.1, 0.15) is 0 Å². The Kier molecular flexibility index (Phi) is 7.42. The molecule has 0 heterocycles. The highest BCUT2D eigenvalue weighted by Gasteiger charge is 2.16. The fourth-order valence-corrected chi connectivity index (χ4v) is 3.83. The number of carbonyl (C=O) groups excluding carboxylic acids is 1. The molecule has 0 aliphatic rings. The maximum Gasteiger partial charge on any atom is 0.261 e. The van der Waals surface area contributed by atoms with E-state index in [1.54, 1.807) is 48.5 Å². The molecule has 146 valence electrons. The van der Waals surface area contributed by atoms with Gasteiger partial charge in [-0.3, -0.25) is 9.52 Å². The van der Waals surface area contributed by atoms with E-state index >= 15 is 0 Å². The highest BCUT2D eigenvalue weighted by atomic mass is 32.2. The van der Waals surface area contributed by atoms with Crippen molar-refractivity contribution in [1.82, 2.24) is 0 Å². The van der Waals surface area contributed by atoms with E-state index in [0.717, 1.165) is 31.2 Å². The maximum absolute atomic E-state index is 12.4. The number of amides is 1. The molecule has 1 atom stereocenters. The van der Waals surface area contributed by atoms with Crippen molar-refractivity contribution in [3.05, 3.63) is 54.1 Å². The normalized spacial score (nSPS) is 12.4. The predicted octanol–water partition coefficient (Wildman–Crippen LogP) is 4.95. The van der Waals surface area contributed by atoms with Crippen LogP contribution in [-0.2, 0) is 14.8 Å². The van der Waals surface area contributed by atoms with E-state index in [9.17, 15) is 13.2 Å². The number of rotatable bonds is 9. The Bertz CT molecular complexity index is 844. The van der Waals surface area contributed by atoms with Crippen molar-refractivity contribution in [3.63, 3.8) is 0 Å². The summed E-state index contributed by atoms with van der Waals surface area (Å²) < 4.78 is 27.4. The van der Waals surface area contributed by atoms with Crippen LogP contribution in [0, 0.1) is 12.8 Å². The van der Waals surface area contributed by atoms with Crippen LogP contribution in [0.15, 0.2) is 53.4 Å². The van der Waals surface area contributed by atoms with Gasteiger partial charge in [-0.1, -0.05) is 44.4 Å². The topological polar surface area (TPSA) is 75.3 Å². The largest absolute Gasteiger partial charge is 0.326 e. The van der Waals surface area contributed by atoms with Crippen molar-refractivity contribution in [2.75, 3.05) is 10.0 Å². The van der Waals surface area contributed by atoms with Crippen molar-refractivity contribution in [3.8, 4) is 0 Å². The molecule has 0 bridgehead atoms. The molecule has 0 aliphatic heterocycles. The minimum Gasteiger partial charge on any atom is -0.326 e. The molecular formula is C21H28N2O3S. The van der Waals surface area contributed by atoms with Gasteiger partial charge in [0.15, 0.2) is 0 Å². The Balaban J connectivity index is 2.02. The van der Waals surface area contributed by atoms with E-state index in [1.807, 2.05) is 13.8 Å². The van der Waals surface area contributed by atoms with E-state index in [4.69, 9.17) is 0 Å². The summed E-state index contributed by atoms with van der Waals surface area (Å²) in [6.45, 7) is 6.03. The van der Waals surface area contributed by atoms with Gasteiger partial charge < -0.3 is 5.32 Å². The van der Waals surface area contributed by atoms with Crippen molar-refractivity contribution in [1.29, 1.82) is 0 Å². The van der Waals surface area contributed by atoms with Gasteiger partial charge in [0, 0.05) is 17.3 Å². The van der Waals surface area contributed by atoms with Crippen LogP contribution >= 0.6 is 0 Å². The number of nitrogens with one attached hydrogen (secondary N) is 2. The molecule has 1 amide bonds. The molecule has 2 N–H and O–H groups in total. The smallest absolute Gasteiger partial charge is 0.261 e. The first-order valence-corrected chi connectivity index (χ1v) is 10.8. The number of aryl methyl sites for hydroxylation is 1. The molecule has 27 heavy (non-hydrogen) atoms. The van der Waals surface area contributed by atoms with E-state index in [0.29, 0.717) is 11.4 Å². The SMILES string of the molecule is CCCCC(CC)C(=O)Nc1ccc(NS(=O)(=O)c2ccc(C)cc2)cc1. The van der Waals surface area contributed by atoms with Gasteiger partial charge in [-0.2, -0.15) is 0 Å². The molecule has 0 aromatic heterocycles. The zero-order chi connectivity index (χ0) is 19.9. The summed E-state index contributed by atoms with van der Waals surface area (Å²) >= 11 is 0. The summed E-state index contributed by atoms with van der Waals surface area (Å²) in [6, 6.07) is 13.4. The molecule has 2 aromatic carbocycles. The van der Waals surface area contributed by atoms with Crippen molar-refractivity contribution >= 4 is 27.3 Å². The average molecular weight is 389 g/mol. The standard InChI is InChI=1S/C21H28N2O3S/c1-4-6-7-17(5-2)21(24)22-18-10-12-19(13-11-18)23-27(25,26)20-14-8-16(3)9-15-20/h8-15,17,23H,4-7H2,1-3H3,(H,22,24). The fourth-order valence-electron chi connectivity index (χ4n) is 2.77. The number of hydrogen-bond donors (Lipinski definition) is 2. The second-order valence-electron chi connectivity index (χ2n) is 6.73. The summed E-state index contributed by atoms with van der Waals surface area (Å²) in [5, 5.41) is 2.91. The van der Waals surface area contributed by atoms with Crippen LogP contribution in [0.1, 0.15) is 45.1 Å². The van der Waals surface area contributed by atoms with E-state index < -0.39 is 10.0 Å². The van der Waals surface area contributed by atoms with Crippen LogP contribution in [-0.4, -0.2) is 14.3 Å². The quantitative estimate of drug-likeness (QED) is 0.638. The Morgan fingerprint density at radius 3 is 2.11 bits per heavy atom. The van der Waals surface area contributed by atoms with E-state index in [1.165, 1.54) is 0 Å². The third-order valence-electron chi connectivity index (χ3n) is 4.51. The summed E-state index contributed by atoms with van der Waals surface area (Å²) in [5.74, 6) is 0.0172. The van der Waals surface area contributed by atoms with E-state index in [2.05, 4.69) is 17.0 Å². The first kappa shape index (κ1) is 21.0. The second-order valence-corrected chi connectivity index (χ2v) is 8.41. The highest BCUT2D eigenvalue weighted by Crippen LogP contribution is 2.20. The molecule has 0 spiro atoms. The molecule has 6 heteroatoms. The molecular weight excluding hydrogens is 360 g/mol. The third-order valence-corrected chi connectivity index (χ3v) is 5.90. The van der Waals surface area contributed by atoms with Crippen LogP contribution in [0.4, 0.5) is 11.4 Å². The Morgan fingerprint density at radius 1 is 0.963 bits per heavy atom. The van der Waals surface area contributed by atoms with Crippen molar-refractivity contribution in [2.24, 2.45) is 5.92 Å². The summed E-state index contributed by atoms with van der Waals surface area (Å²) in [6.07, 6.45) is 3.79. The Hall–Kier alpha value is -2.34. The van der Waals surface area contributed by atoms with Crippen LogP contribution < -0.4 is 10.0 Å². The minimum atomic E-state index is -3.63. The van der Waals surface area contributed by atoms with Crippen molar-refractivity contribution < 1.29 is 13.2 Å². The lowest BCUT2D eigenvalue weighted by Crippen LogP contribution is -2.22. The number of benzene rings is 2. The fraction of sp³-hybridized carbons (Fsp3) is 0.381. The number of carbonyl (C=O) groups is 1. The maximum atomic E-state index is 12.4. The predicted molar refractivity (Wildman–Crippen MR) is 110 cm³/mol. The van der Waals surface area contributed by atoms with Crippen LogP contribution in [0.25, 0.3) is 0 Å². The van der Waals surface area contributed by atoms with Crippen molar-refractivity contribution in [2.45, 2.75) is 51.3 Å². The highest BCUT2D eigenvalue weighted by molar-refractivity contribution is 7.92. The van der Waals surface area contributed by atoms with Crippen LogP contribution in [0.2, 0.25) is 0 Å². The molecule has 5 nitrogen and oxygen atoms in total. The molecule has 2 rings (SSSR count). The summed E-state index contributed by atoms with van der Waals surface area (Å²) in [5.41, 5.74) is 2.11. The van der Waals surface area contributed by atoms with Gasteiger partial charge in [-0.25, -0.2) is 8.42 Å². The first-order chi connectivity index (χ1) is 12.9. The molecule has 0 fully saturated rings. The number of anilines is 2. The van der Waals surface area contributed by atoms with Gasteiger partial charge in [0.05, 0.1) is 4.90 Å². The Morgan fingerprint density at radius 2 is 1.56 bits per heavy atom. The summed E-state index contributed by atoms with van der Waals surface area (Å²) in [7, 11) is -3.63. The zero-order valence-electron chi connectivity index (χ0n) is 16.2. The molecule has 0 radical (unpaired) electrons. The zero-order valence-corrected chi connectivity index (χ0v) is 17.0. The monoisotopic (exact) mass is 388 g/mol. The van der Waals surface area contributed by atoms with Gasteiger partial charge in [-0.15, -0.1) is 0 Å². The molecule has 0 aliphatic carbocycles. The minimum absolute atomic E-state index is 0.00432. The lowest BCUT2D eigenvalue weighted by Gasteiger charge is -2.15. The number of sulfonamides is 1. The lowest BCUT2D eigenvalue weighted by molar-refractivity contribution is -0.120. The first-order valence-electron chi connectivity index (χ1n) is 9.36. The average Bonchev–Trinajstić information content (AvgIpc) is 2.64. The number of unbranched alkanes of at least 4 members (excludes halogenated alkanes) is 1. The lowest BCUT2D eigenvalue weighted by atomic mass is 9.98. The van der Waals surface area contributed by atoms with Crippen LogP contribution in [0.3, 0.4) is 0 Å². The van der Waals surface area contributed by atoms with Gasteiger partial charge in [0.25, 0.3) is 10.0 Å². The molecule has 1 unspecified atom stereocenters.